The van der Waals surface area contributed by atoms with Crippen LogP contribution < -0.4 is 4.90 Å². The molecule has 1 aliphatic heterocycles. The van der Waals surface area contributed by atoms with Crippen molar-refractivity contribution in [3.05, 3.63) is 89.5 Å². The van der Waals surface area contributed by atoms with Crippen LogP contribution in [0, 0.1) is 11.3 Å². The van der Waals surface area contributed by atoms with Gasteiger partial charge in [0.2, 0.25) is 0 Å². The first kappa shape index (κ1) is 13.4. The standard InChI is InChI=1S/C21H14N2/c22-15-16-10-13-21-18(14-16)12-11-17-6-4-5-9-20(17)23(21)19-7-2-1-3-8-19/h1-14H. The highest BCUT2D eigenvalue weighted by molar-refractivity contribution is 5.93. The lowest BCUT2D eigenvalue weighted by Gasteiger charge is -2.27. The van der Waals surface area contributed by atoms with Crippen molar-refractivity contribution in [1.82, 2.24) is 0 Å². The first-order valence-corrected chi connectivity index (χ1v) is 7.53. The molecule has 4 rings (SSSR count). The Balaban J connectivity index is 2.01. The molecule has 0 saturated heterocycles. The van der Waals surface area contributed by atoms with Crippen LogP contribution in [0.25, 0.3) is 12.2 Å². The number of fused-ring (bicyclic) bond motifs is 2. The zero-order chi connectivity index (χ0) is 15.6. The summed E-state index contributed by atoms with van der Waals surface area (Å²) in [5.41, 5.74) is 6.20. The smallest absolute Gasteiger partial charge is 0.0991 e. The van der Waals surface area contributed by atoms with Crippen LogP contribution >= 0.6 is 0 Å². The molecule has 0 bridgehead atoms. The Morgan fingerprint density at radius 1 is 0.696 bits per heavy atom. The summed E-state index contributed by atoms with van der Waals surface area (Å²) >= 11 is 0. The van der Waals surface area contributed by atoms with E-state index >= 15 is 0 Å². The third-order valence-corrected chi connectivity index (χ3v) is 4.03. The molecule has 0 atom stereocenters. The Labute approximate surface area is 135 Å². The predicted molar refractivity (Wildman–Crippen MR) is 94.8 cm³/mol. The molecule has 108 valence electrons. The number of anilines is 3. The maximum Gasteiger partial charge on any atom is 0.0991 e. The fraction of sp³-hybridized carbons (Fsp3) is 0. The molecule has 0 unspecified atom stereocenters. The van der Waals surface area contributed by atoms with Crippen LogP contribution in [0.4, 0.5) is 17.1 Å². The summed E-state index contributed by atoms with van der Waals surface area (Å²) in [7, 11) is 0. The molecule has 0 aromatic heterocycles. The normalized spacial score (nSPS) is 12.0. The van der Waals surface area contributed by atoms with Gasteiger partial charge in [0.15, 0.2) is 0 Å². The quantitative estimate of drug-likeness (QED) is 0.462. The summed E-state index contributed by atoms with van der Waals surface area (Å²) in [6, 6.07) is 26.7. The highest BCUT2D eigenvalue weighted by Gasteiger charge is 2.19. The van der Waals surface area contributed by atoms with Crippen molar-refractivity contribution in [2.45, 2.75) is 0 Å². The van der Waals surface area contributed by atoms with E-state index in [0.29, 0.717) is 5.56 Å². The number of rotatable bonds is 1. The zero-order valence-corrected chi connectivity index (χ0v) is 12.5. The molecule has 23 heavy (non-hydrogen) atoms. The SMILES string of the molecule is N#Cc1ccc2c(c1)C=Cc1ccccc1N2c1ccccc1. The molecular formula is C21H14N2. The molecule has 0 N–H and O–H groups in total. The van der Waals surface area contributed by atoms with E-state index < -0.39 is 0 Å². The fourth-order valence-corrected chi connectivity index (χ4v) is 2.96. The Kier molecular flexibility index (Phi) is 3.18. The molecule has 3 aromatic carbocycles. The van der Waals surface area contributed by atoms with Crippen molar-refractivity contribution in [3.63, 3.8) is 0 Å². The third kappa shape index (κ3) is 2.29. The summed E-state index contributed by atoms with van der Waals surface area (Å²) in [4.78, 5) is 2.24. The van der Waals surface area contributed by atoms with Gasteiger partial charge in [-0.2, -0.15) is 5.26 Å². The minimum absolute atomic E-state index is 0.673. The van der Waals surface area contributed by atoms with Gasteiger partial charge in [-0.05, 0) is 47.5 Å². The zero-order valence-electron chi connectivity index (χ0n) is 12.5. The molecule has 0 amide bonds. The Bertz CT molecular complexity index is 934. The van der Waals surface area contributed by atoms with Crippen LogP contribution in [0.5, 0.6) is 0 Å². The number of nitrogens with zero attached hydrogens (tertiary/aromatic N) is 2. The summed E-state index contributed by atoms with van der Waals surface area (Å²) in [6.07, 6.45) is 4.19. The summed E-state index contributed by atoms with van der Waals surface area (Å²) in [5.74, 6) is 0. The van der Waals surface area contributed by atoms with Crippen LogP contribution in [-0.2, 0) is 0 Å². The second-order valence-electron chi connectivity index (χ2n) is 5.45. The third-order valence-electron chi connectivity index (χ3n) is 4.03. The van der Waals surface area contributed by atoms with Crippen molar-refractivity contribution >= 4 is 29.2 Å². The van der Waals surface area contributed by atoms with Gasteiger partial charge in [-0.1, -0.05) is 48.6 Å². The largest absolute Gasteiger partial charge is 0.309 e. The lowest BCUT2D eigenvalue weighted by atomic mass is 10.1. The highest BCUT2D eigenvalue weighted by atomic mass is 15.1. The van der Waals surface area contributed by atoms with E-state index in [1.165, 1.54) is 0 Å². The van der Waals surface area contributed by atoms with Gasteiger partial charge in [0.05, 0.1) is 23.0 Å². The topological polar surface area (TPSA) is 27.0 Å². The van der Waals surface area contributed by atoms with Gasteiger partial charge in [0.25, 0.3) is 0 Å². The van der Waals surface area contributed by atoms with E-state index in [9.17, 15) is 5.26 Å². The Morgan fingerprint density at radius 2 is 1.39 bits per heavy atom. The van der Waals surface area contributed by atoms with Crippen LogP contribution in [0.2, 0.25) is 0 Å². The molecule has 0 aliphatic carbocycles. The number of benzene rings is 3. The van der Waals surface area contributed by atoms with E-state index in [2.05, 4.69) is 53.5 Å². The van der Waals surface area contributed by atoms with E-state index in [-0.39, 0.29) is 0 Å². The van der Waals surface area contributed by atoms with Crippen LogP contribution in [0.1, 0.15) is 16.7 Å². The molecule has 1 heterocycles. The Hall–Kier alpha value is -3.31. The van der Waals surface area contributed by atoms with E-state index in [1.54, 1.807) is 0 Å². The predicted octanol–water partition coefficient (Wildman–Crippen LogP) is 5.51. The maximum absolute atomic E-state index is 9.18. The van der Waals surface area contributed by atoms with Gasteiger partial charge in [0, 0.05) is 5.69 Å². The van der Waals surface area contributed by atoms with Gasteiger partial charge < -0.3 is 4.90 Å². The lowest BCUT2D eigenvalue weighted by Crippen LogP contribution is -2.11. The number of hydrogen-bond acceptors (Lipinski definition) is 2. The Morgan fingerprint density at radius 3 is 2.22 bits per heavy atom. The summed E-state index contributed by atoms with van der Waals surface area (Å²) < 4.78 is 0. The van der Waals surface area contributed by atoms with Crippen molar-refractivity contribution in [1.29, 1.82) is 5.26 Å². The van der Waals surface area contributed by atoms with Gasteiger partial charge in [-0.3, -0.25) is 0 Å². The van der Waals surface area contributed by atoms with Gasteiger partial charge >= 0.3 is 0 Å². The number of nitriles is 1. The molecule has 2 nitrogen and oxygen atoms in total. The monoisotopic (exact) mass is 294 g/mol. The van der Waals surface area contributed by atoms with E-state index in [4.69, 9.17) is 0 Å². The summed E-state index contributed by atoms with van der Waals surface area (Å²) in [6.45, 7) is 0. The highest BCUT2D eigenvalue weighted by Crippen LogP contribution is 2.41. The van der Waals surface area contributed by atoms with E-state index in [0.717, 1.165) is 28.2 Å². The average Bonchev–Trinajstić information content (AvgIpc) is 2.78. The van der Waals surface area contributed by atoms with Gasteiger partial charge in [-0.25, -0.2) is 0 Å². The minimum atomic E-state index is 0.673. The van der Waals surface area contributed by atoms with Crippen LogP contribution in [0.15, 0.2) is 72.8 Å². The molecule has 0 spiro atoms. The van der Waals surface area contributed by atoms with Crippen molar-refractivity contribution in [3.8, 4) is 6.07 Å². The fourth-order valence-electron chi connectivity index (χ4n) is 2.96. The van der Waals surface area contributed by atoms with Crippen LogP contribution in [0.3, 0.4) is 0 Å². The molecule has 1 aliphatic rings. The average molecular weight is 294 g/mol. The molecular weight excluding hydrogens is 280 g/mol. The van der Waals surface area contributed by atoms with Crippen molar-refractivity contribution in [2.24, 2.45) is 0 Å². The van der Waals surface area contributed by atoms with Crippen LogP contribution in [-0.4, -0.2) is 0 Å². The number of para-hydroxylation sites is 2. The molecule has 0 saturated carbocycles. The second-order valence-corrected chi connectivity index (χ2v) is 5.45. The molecule has 3 aromatic rings. The first-order chi connectivity index (χ1) is 11.4. The van der Waals surface area contributed by atoms with Gasteiger partial charge in [0.1, 0.15) is 0 Å². The molecule has 0 fully saturated rings. The van der Waals surface area contributed by atoms with E-state index in [1.807, 2.05) is 42.5 Å². The molecule has 2 heteroatoms. The second kappa shape index (κ2) is 5.47. The lowest BCUT2D eigenvalue weighted by molar-refractivity contribution is 1.27. The van der Waals surface area contributed by atoms with Crippen molar-refractivity contribution < 1.29 is 0 Å². The maximum atomic E-state index is 9.18. The minimum Gasteiger partial charge on any atom is -0.309 e. The summed E-state index contributed by atoms with van der Waals surface area (Å²) in [5, 5.41) is 9.18. The molecule has 0 radical (unpaired) electrons. The van der Waals surface area contributed by atoms with Crippen molar-refractivity contribution in [2.75, 3.05) is 4.90 Å². The van der Waals surface area contributed by atoms with Gasteiger partial charge in [-0.15, -0.1) is 0 Å². The number of hydrogen-bond donors (Lipinski definition) is 0. The first-order valence-electron chi connectivity index (χ1n) is 7.53.